The topological polar surface area (TPSA) is 58.6 Å². The van der Waals surface area contributed by atoms with Gasteiger partial charge in [0.15, 0.2) is 0 Å². The molecule has 5 heteroatoms. The summed E-state index contributed by atoms with van der Waals surface area (Å²) < 4.78 is 5.82. The van der Waals surface area contributed by atoms with E-state index in [9.17, 15) is 9.59 Å². The van der Waals surface area contributed by atoms with Crippen molar-refractivity contribution in [1.82, 2.24) is 10.2 Å². The molecular formula is C24H30N2O3. The lowest BCUT2D eigenvalue weighted by Gasteiger charge is -2.34. The third-order valence-electron chi connectivity index (χ3n) is 5.55. The monoisotopic (exact) mass is 394 g/mol. The number of nitrogens with one attached hydrogen (secondary N) is 1. The van der Waals surface area contributed by atoms with E-state index in [1.807, 2.05) is 47.4 Å². The molecule has 1 aliphatic rings. The van der Waals surface area contributed by atoms with E-state index in [1.54, 1.807) is 12.1 Å². The molecule has 1 saturated heterocycles. The van der Waals surface area contributed by atoms with E-state index >= 15 is 0 Å². The van der Waals surface area contributed by atoms with Crippen molar-refractivity contribution >= 4 is 11.8 Å². The molecular weight excluding hydrogens is 364 g/mol. The molecule has 0 unspecified atom stereocenters. The Morgan fingerprint density at radius 1 is 1.00 bits per heavy atom. The SMILES string of the molecule is CCC(CC)C(=O)N1CCC(NC(=O)c2cccc(Oc3ccccc3)c2)CC1. The minimum atomic E-state index is -0.103. The van der Waals surface area contributed by atoms with Crippen molar-refractivity contribution < 1.29 is 14.3 Å². The summed E-state index contributed by atoms with van der Waals surface area (Å²) in [6, 6.07) is 16.8. The summed E-state index contributed by atoms with van der Waals surface area (Å²) in [4.78, 5) is 27.2. The molecule has 2 aromatic carbocycles. The molecule has 0 aromatic heterocycles. The molecule has 2 amide bonds. The van der Waals surface area contributed by atoms with Crippen molar-refractivity contribution in [2.75, 3.05) is 13.1 Å². The van der Waals surface area contributed by atoms with Gasteiger partial charge in [-0.3, -0.25) is 9.59 Å². The minimum Gasteiger partial charge on any atom is -0.457 e. The second-order valence-electron chi connectivity index (χ2n) is 7.53. The third-order valence-corrected chi connectivity index (χ3v) is 5.55. The van der Waals surface area contributed by atoms with Gasteiger partial charge < -0.3 is 15.0 Å². The van der Waals surface area contributed by atoms with Crippen LogP contribution in [-0.4, -0.2) is 35.8 Å². The number of ether oxygens (including phenoxy) is 1. The zero-order valence-electron chi connectivity index (χ0n) is 17.3. The Kier molecular flexibility index (Phi) is 7.28. The molecule has 0 radical (unpaired) electrons. The summed E-state index contributed by atoms with van der Waals surface area (Å²) in [6.07, 6.45) is 3.34. The molecule has 2 aromatic rings. The van der Waals surface area contributed by atoms with Crippen LogP contribution in [0.3, 0.4) is 0 Å². The second kappa shape index (κ2) is 10.1. The number of nitrogens with zero attached hydrogens (tertiary/aromatic N) is 1. The average Bonchev–Trinajstić information content (AvgIpc) is 2.76. The van der Waals surface area contributed by atoms with Crippen molar-refractivity contribution in [3.63, 3.8) is 0 Å². The van der Waals surface area contributed by atoms with Crippen LogP contribution in [0.5, 0.6) is 11.5 Å². The van der Waals surface area contributed by atoms with Gasteiger partial charge in [0.2, 0.25) is 5.91 Å². The molecule has 1 N–H and O–H groups in total. The predicted octanol–water partition coefficient (Wildman–Crippen LogP) is 4.64. The van der Waals surface area contributed by atoms with Crippen LogP contribution in [0.2, 0.25) is 0 Å². The van der Waals surface area contributed by atoms with Gasteiger partial charge in [0, 0.05) is 30.6 Å². The number of para-hydroxylation sites is 1. The van der Waals surface area contributed by atoms with Crippen LogP contribution in [0.4, 0.5) is 0 Å². The van der Waals surface area contributed by atoms with E-state index in [4.69, 9.17) is 4.74 Å². The van der Waals surface area contributed by atoms with Gasteiger partial charge in [-0.2, -0.15) is 0 Å². The molecule has 154 valence electrons. The Morgan fingerprint density at radius 3 is 2.31 bits per heavy atom. The highest BCUT2D eigenvalue weighted by atomic mass is 16.5. The number of carbonyl (C=O) groups excluding carboxylic acids is 2. The maximum Gasteiger partial charge on any atom is 0.251 e. The van der Waals surface area contributed by atoms with Crippen LogP contribution in [0, 0.1) is 5.92 Å². The zero-order valence-corrected chi connectivity index (χ0v) is 17.3. The molecule has 0 atom stereocenters. The van der Waals surface area contributed by atoms with Crippen molar-refractivity contribution in [3.8, 4) is 11.5 Å². The number of hydrogen-bond donors (Lipinski definition) is 1. The Balaban J connectivity index is 1.53. The molecule has 1 fully saturated rings. The quantitative estimate of drug-likeness (QED) is 0.744. The minimum absolute atomic E-state index is 0.0898. The smallest absolute Gasteiger partial charge is 0.251 e. The van der Waals surface area contributed by atoms with Crippen LogP contribution >= 0.6 is 0 Å². The molecule has 0 saturated carbocycles. The van der Waals surface area contributed by atoms with Crippen molar-refractivity contribution in [2.45, 2.75) is 45.6 Å². The Bertz CT molecular complexity index is 810. The first-order valence-electron chi connectivity index (χ1n) is 10.5. The van der Waals surface area contributed by atoms with Crippen LogP contribution in [0.25, 0.3) is 0 Å². The largest absolute Gasteiger partial charge is 0.457 e. The average molecular weight is 395 g/mol. The van der Waals surface area contributed by atoms with E-state index in [1.165, 1.54) is 0 Å². The number of rotatable bonds is 7. The third kappa shape index (κ3) is 5.59. The Hall–Kier alpha value is -2.82. The standard InChI is InChI=1S/C24H30N2O3/c1-3-18(4-2)24(28)26-15-13-20(14-16-26)25-23(27)19-9-8-12-22(17-19)29-21-10-6-5-7-11-21/h5-12,17-18,20H,3-4,13-16H2,1-2H3,(H,25,27). The molecule has 1 aliphatic heterocycles. The van der Waals surface area contributed by atoms with E-state index in [0.717, 1.165) is 31.4 Å². The van der Waals surface area contributed by atoms with Gasteiger partial charge >= 0.3 is 0 Å². The molecule has 3 rings (SSSR count). The number of benzene rings is 2. The lowest BCUT2D eigenvalue weighted by Crippen LogP contribution is -2.48. The lowest BCUT2D eigenvalue weighted by molar-refractivity contribution is -0.136. The summed E-state index contributed by atoms with van der Waals surface area (Å²) in [6.45, 7) is 5.54. The van der Waals surface area contributed by atoms with Crippen molar-refractivity contribution in [3.05, 3.63) is 60.2 Å². The van der Waals surface area contributed by atoms with Crippen LogP contribution in [0.15, 0.2) is 54.6 Å². The number of carbonyl (C=O) groups is 2. The fourth-order valence-corrected chi connectivity index (χ4v) is 3.73. The molecule has 1 heterocycles. The summed E-state index contributed by atoms with van der Waals surface area (Å²) in [7, 11) is 0. The molecule has 0 spiro atoms. The maximum absolute atomic E-state index is 12.7. The highest BCUT2D eigenvalue weighted by molar-refractivity contribution is 5.94. The second-order valence-corrected chi connectivity index (χ2v) is 7.53. The zero-order chi connectivity index (χ0) is 20.6. The highest BCUT2D eigenvalue weighted by Gasteiger charge is 2.27. The number of amides is 2. The van der Waals surface area contributed by atoms with E-state index in [0.29, 0.717) is 24.4 Å². The van der Waals surface area contributed by atoms with Crippen LogP contribution in [0.1, 0.15) is 49.9 Å². The van der Waals surface area contributed by atoms with E-state index in [-0.39, 0.29) is 23.8 Å². The summed E-state index contributed by atoms with van der Waals surface area (Å²) in [5.41, 5.74) is 0.578. The van der Waals surface area contributed by atoms with Gasteiger partial charge in [0.05, 0.1) is 0 Å². The van der Waals surface area contributed by atoms with Crippen LogP contribution in [-0.2, 0) is 4.79 Å². The molecule has 0 bridgehead atoms. The van der Waals surface area contributed by atoms with Gasteiger partial charge in [0.1, 0.15) is 11.5 Å². The summed E-state index contributed by atoms with van der Waals surface area (Å²) >= 11 is 0. The maximum atomic E-state index is 12.7. The number of likely N-dealkylation sites (tertiary alicyclic amines) is 1. The Labute approximate surface area is 173 Å². The lowest BCUT2D eigenvalue weighted by atomic mass is 9.98. The van der Waals surface area contributed by atoms with Gasteiger partial charge in [-0.25, -0.2) is 0 Å². The summed E-state index contributed by atoms with van der Waals surface area (Å²) in [5, 5.41) is 3.11. The van der Waals surface area contributed by atoms with Gasteiger partial charge in [-0.05, 0) is 56.0 Å². The van der Waals surface area contributed by atoms with Crippen LogP contribution < -0.4 is 10.1 Å². The summed E-state index contributed by atoms with van der Waals surface area (Å²) in [5.74, 6) is 1.64. The number of hydrogen-bond acceptors (Lipinski definition) is 3. The fourth-order valence-electron chi connectivity index (χ4n) is 3.73. The van der Waals surface area contributed by atoms with Crippen molar-refractivity contribution in [1.29, 1.82) is 0 Å². The van der Waals surface area contributed by atoms with Gasteiger partial charge in [-0.1, -0.05) is 38.1 Å². The first-order chi connectivity index (χ1) is 14.1. The first kappa shape index (κ1) is 20.9. The van der Waals surface area contributed by atoms with E-state index in [2.05, 4.69) is 19.2 Å². The van der Waals surface area contributed by atoms with Gasteiger partial charge in [0.25, 0.3) is 5.91 Å². The fraction of sp³-hybridized carbons (Fsp3) is 0.417. The normalized spacial score (nSPS) is 14.7. The van der Waals surface area contributed by atoms with Gasteiger partial charge in [-0.15, -0.1) is 0 Å². The predicted molar refractivity (Wildman–Crippen MR) is 114 cm³/mol. The Morgan fingerprint density at radius 2 is 1.66 bits per heavy atom. The molecule has 5 nitrogen and oxygen atoms in total. The molecule has 0 aliphatic carbocycles. The highest BCUT2D eigenvalue weighted by Crippen LogP contribution is 2.22. The van der Waals surface area contributed by atoms with E-state index < -0.39 is 0 Å². The van der Waals surface area contributed by atoms with Crippen molar-refractivity contribution in [2.24, 2.45) is 5.92 Å². The molecule has 29 heavy (non-hydrogen) atoms. The first-order valence-corrected chi connectivity index (χ1v) is 10.5. The number of piperidine rings is 1.